The van der Waals surface area contributed by atoms with Crippen LogP contribution < -0.4 is 10.9 Å². The lowest BCUT2D eigenvalue weighted by Crippen LogP contribution is -2.27. The van der Waals surface area contributed by atoms with Crippen molar-refractivity contribution >= 4 is 17.4 Å². The van der Waals surface area contributed by atoms with Crippen molar-refractivity contribution in [1.82, 2.24) is 9.55 Å². The third-order valence-corrected chi connectivity index (χ3v) is 3.23. The number of aromatic nitrogens is 2. The molecule has 1 saturated carbocycles. The minimum Gasteiger partial charge on any atom is -0.363 e. The van der Waals surface area contributed by atoms with E-state index < -0.39 is 0 Å². The highest BCUT2D eigenvalue weighted by Crippen LogP contribution is 2.33. The molecule has 1 aromatic heterocycles. The zero-order valence-corrected chi connectivity index (χ0v) is 10.8. The summed E-state index contributed by atoms with van der Waals surface area (Å²) in [6.45, 7) is 2.04. The van der Waals surface area contributed by atoms with Gasteiger partial charge in [-0.05, 0) is 32.6 Å². The predicted octanol–water partition coefficient (Wildman–Crippen LogP) is 2.40. The SMILES string of the molecule is CC(CCCCl)Nc1nccn(C2CC2)c1=O. The lowest BCUT2D eigenvalue weighted by Gasteiger charge is -2.14. The molecule has 0 amide bonds. The summed E-state index contributed by atoms with van der Waals surface area (Å²) in [5.74, 6) is 1.11. The number of nitrogens with one attached hydrogen (secondary N) is 1. The van der Waals surface area contributed by atoms with E-state index in [1.165, 1.54) is 0 Å². The molecule has 1 heterocycles. The molecule has 0 radical (unpaired) electrons. The van der Waals surface area contributed by atoms with Crippen LogP contribution in [0.15, 0.2) is 17.2 Å². The summed E-state index contributed by atoms with van der Waals surface area (Å²) in [5, 5.41) is 3.16. The molecular weight excluding hydrogens is 238 g/mol. The molecule has 0 spiro atoms. The zero-order valence-electron chi connectivity index (χ0n) is 10.0. The Morgan fingerprint density at radius 2 is 2.41 bits per heavy atom. The molecule has 2 rings (SSSR count). The van der Waals surface area contributed by atoms with Crippen LogP contribution in [0.5, 0.6) is 0 Å². The summed E-state index contributed by atoms with van der Waals surface area (Å²) in [6, 6.07) is 0.619. The Hall–Kier alpha value is -1.03. The van der Waals surface area contributed by atoms with Gasteiger partial charge in [-0.2, -0.15) is 0 Å². The van der Waals surface area contributed by atoms with E-state index in [0.717, 1.165) is 25.7 Å². The highest BCUT2D eigenvalue weighted by Gasteiger charge is 2.25. The molecule has 1 aromatic rings. The van der Waals surface area contributed by atoms with Crippen LogP contribution in [0.2, 0.25) is 0 Å². The van der Waals surface area contributed by atoms with E-state index in [9.17, 15) is 4.79 Å². The smallest absolute Gasteiger partial charge is 0.293 e. The molecule has 0 saturated heterocycles. The molecule has 1 aliphatic carbocycles. The average molecular weight is 256 g/mol. The molecule has 1 unspecified atom stereocenters. The van der Waals surface area contributed by atoms with Gasteiger partial charge in [-0.3, -0.25) is 4.79 Å². The Bertz CT molecular complexity index is 428. The summed E-state index contributed by atoms with van der Waals surface area (Å²) in [7, 11) is 0. The minimum atomic E-state index is -0.00674. The van der Waals surface area contributed by atoms with Gasteiger partial charge in [-0.25, -0.2) is 4.98 Å². The number of hydrogen-bond donors (Lipinski definition) is 1. The molecule has 1 fully saturated rings. The van der Waals surface area contributed by atoms with Crippen LogP contribution in [0.4, 0.5) is 5.82 Å². The van der Waals surface area contributed by atoms with Crippen LogP contribution in [0.25, 0.3) is 0 Å². The summed E-state index contributed by atoms with van der Waals surface area (Å²) >= 11 is 5.65. The molecule has 5 heteroatoms. The van der Waals surface area contributed by atoms with Gasteiger partial charge in [-0.15, -0.1) is 11.6 Å². The summed E-state index contributed by atoms with van der Waals surface area (Å²) < 4.78 is 1.78. The van der Waals surface area contributed by atoms with Crippen molar-refractivity contribution < 1.29 is 0 Å². The Morgan fingerprint density at radius 3 is 3.06 bits per heavy atom. The van der Waals surface area contributed by atoms with E-state index in [1.54, 1.807) is 17.0 Å². The van der Waals surface area contributed by atoms with Crippen LogP contribution in [0, 0.1) is 0 Å². The molecule has 1 atom stereocenters. The number of alkyl halides is 1. The number of hydrogen-bond acceptors (Lipinski definition) is 3. The molecule has 0 bridgehead atoms. The Labute approximate surface area is 106 Å². The van der Waals surface area contributed by atoms with Crippen molar-refractivity contribution in [3.8, 4) is 0 Å². The van der Waals surface area contributed by atoms with Crippen molar-refractivity contribution in [2.45, 2.75) is 44.7 Å². The Kier molecular flexibility index (Phi) is 4.05. The number of nitrogens with zero attached hydrogens (tertiary/aromatic N) is 2. The van der Waals surface area contributed by atoms with Crippen molar-refractivity contribution in [2.75, 3.05) is 11.2 Å². The first-order valence-electron chi connectivity index (χ1n) is 6.12. The lowest BCUT2D eigenvalue weighted by molar-refractivity contribution is 0.670. The number of halogens is 1. The fourth-order valence-electron chi connectivity index (χ4n) is 1.85. The van der Waals surface area contributed by atoms with Crippen LogP contribution in [-0.2, 0) is 0 Å². The number of anilines is 1. The van der Waals surface area contributed by atoms with Crippen LogP contribution in [0.3, 0.4) is 0 Å². The van der Waals surface area contributed by atoms with Gasteiger partial charge in [0.25, 0.3) is 5.56 Å². The number of rotatable bonds is 6. The second-order valence-corrected chi connectivity index (χ2v) is 4.97. The highest BCUT2D eigenvalue weighted by molar-refractivity contribution is 6.17. The van der Waals surface area contributed by atoms with Gasteiger partial charge in [0.2, 0.25) is 0 Å². The van der Waals surface area contributed by atoms with Crippen molar-refractivity contribution in [2.24, 2.45) is 0 Å². The Morgan fingerprint density at radius 1 is 1.65 bits per heavy atom. The fourth-order valence-corrected chi connectivity index (χ4v) is 2.01. The topological polar surface area (TPSA) is 46.9 Å². The van der Waals surface area contributed by atoms with Crippen molar-refractivity contribution in [1.29, 1.82) is 0 Å². The van der Waals surface area contributed by atoms with Gasteiger partial charge in [0, 0.05) is 30.4 Å². The first kappa shape index (κ1) is 12.4. The summed E-state index contributed by atoms with van der Waals surface area (Å²) in [6.07, 6.45) is 7.56. The first-order valence-corrected chi connectivity index (χ1v) is 6.65. The van der Waals surface area contributed by atoms with Crippen molar-refractivity contribution in [3.63, 3.8) is 0 Å². The standard InChI is InChI=1S/C12H18ClN3O/c1-9(3-2-6-13)15-11-12(17)16(8-7-14-11)10-4-5-10/h7-10H,2-6H2,1H3,(H,14,15). The van der Waals surface area contributed by atoms with Gasteiger partial charge < -0.3 is 9.88 Å². The molecule has 4 nitrogen and oxygen atoms in total. The van der Waals surface area contributed by atoms with E-state index in [0.29, 0.717) is 17.7 Å². The molecule has 1 aliphatic rings. The molecule has 17 heavy (non-hydrogen) atoms. The van der Waals surface area contributed by atoms with E-state index in [2.05, 4.69) is 10.3 Å². The maximum absolute atomic E-state index is 12.1. The van der Waals surface area contributed by atoms with Gasteiger partial charge in [-0.1, -0.05) is 0 Å². The normalized spacial score (nSPS) is 16.8. The second kappa shape index (κ2) is 5.54. The van der Waals surface area contributed by atoms with E-state index >= 15 is 0 Å². The second-order valence-electron chi connectivity index (χ2n) is 4.60. The molecule has 1 N–H and O–H groups in total. The average Bonchev–Trinajstić information content (AvgIpc) is 3.13. The van der Waals surface area contributed by atoms with Crippen molar-refractivity contribution in [3.05, 3.63) is 22.7 Å². The fraction of sp³-hybridized carbons (Fsp3) is 0.667. The zero-order chi connectivity index (χ0) is 12.3. The highest BCUT2D eigenvalue weighted by atomic mass is 35.5. The van der Waals surface area contributed by atoms with E-state index in [1.807, 2.05) is 6.92 Å². The van der Waals surface area contributed by atoms with Gasteiger partial charge in [0.15, 0.2) is 5.82 Å². The van der Waals surface area contributed by atoms with Crippen LogP contribution in [-0.4, -0.2) is 21.5 Å². The quantitative estimate of drug-likeness (QED) is 0.794. The van der Waals surface area contributed by atoms with Gasteiger partial charge in [0.1, 0.15) is 0 Å². The predicted molar refractivity (Wildman–Crippen MR) is 69.8 cm³/mol. The minimum absolute atomic E-state index is 0.00674. The van der Waals surface area contributed by atoms with Gasteiger partial charge >= 0.3 is 0 Å². The van der Waals surface area contributed by atoms with Crippen LogP contribution in [0.1, 0.15) is 38.6 Å². The van der Waals surface area contributed by atoms with E-state index in [-0.39, 0.29) is 11.6 Å². The molecule has 0 aliphatic heterocycles. The molecule has 0 aromatic carbocycles. The monoisotopic (exact) mass is 255 g/mol. The summed E-state index contributed by atoms with van der Waals surface area (Å²) in [5.41, 5.74) is -0.00674. The third-order valence-electron chi connectivity index (χ3n) is 2.96. The molecule has 94 valence electrons. The first-order chi connectivity index (χ1) is 8.22. The van der Waals surface area contributed by atoms with E-state index in [4.69, 9.17) is 11.6 Å². The lowest BCUT2D eigenvalue weighted by atomic mass is 10.2. The summed E-state index contributed by atoms with van der Waals surface area (Å²) in [4.78, 5) is 16.2. The van der Waals surface area contributed by atoms with Crippen LogP contribution >= 0.6 is 11.6 Å². The molecular formula is C12H18ClN3O. The van der Waals surface area contributed by atoms with Gasteiger partial charge in [0.05, 0.1) is 0 Å². The Balaban J connectivity index is 2.05. The third kappa shape index (κ3) is 3.22. The maximum atomic E-state index is 12.1. The largest absolute Gasteiger partial charge is 0.363 e. The maximum Gasteiger partial charge on any atom is 0.293 e.